The molecule has 2 aromatic rings. The molecular weight excluding hydrogens is 292 g/mol. The maximum Gasteiger partial charge on any atom is 0.269 e. The Morgan fingerprint density at radius 3 is 2.33 bits per heavy atom. The highest BCUT2D eigenvalue weighted by Crippen LogP contribution is 2.17. The quantitative estimate of drug-likeness (QED) is 0.635. The first-order valence-corrected chi connectivity index (χ1v) is 6.81. The monoisotopic (exact) mass is 306 g/mol. The summed E-state index contributed by atoms with van der Waals surface area (Å²) >= 11 is 5.80. The van der Waals surface area contributed by atoms with Crippen molar-refractivity contribution < 1.29 is 10.0 Å². The number of non-ortho nitro benzene ring substituents is 1. The molecule has 2 N–H and O–H groups in total. The topological polar surface area (TPSA) is 75.4 Å². The molecule has 0 spiro atoms. The number of nitro groups is 1. The Morgan fingerprint density at radius 1 is 1.14 bits per heavy atom. The SMILES string of the molecule is O=[N+]([O-])c1ccc(C(O)CNCc2ccc(Cl)cc2)cc1. The molecule has 6 heteroatoms. The van der Waals surface area contributed by atoms with Crippen molar-refractivity contribution in [3.05, 3.63) is 74.8 Å². The molecule has 0 aliphatic heterocycles. The molecule has 0 bridgehead atoms. The number of aliphatic hydroxyl groups excluding tert-OH is 1. The normalized spacial score (nSPS) is 12.1. The van der Waals surface area contributed by atoms with E-state index in [1.54, 1.807) is 12.1 Å². The molecule has 0 saturated carbocycles. The Bertz CT molecular complexity index is 599. The van der Waals surface area contributed by atoms with Crippen LogP contribution >= 0.6 is 11.6 Å². The molecule has 0 aromatic heterocycles. The van der Waals surface area contributed by atoms with Crippen LogP contribution in [0.3, 0.4) is 0 Å². The van der Waals surface area contributed by atoms with Gasteiger partial charge in [-0.2, -0.15) is 0 Å². The maximum atomic E-state index is 10.6. The average Bonchev–Trinajstić information content (AvgIpc) is 2.49. The van der Waals surface area contributed by atoms with Crippen molar-refractivity contribution in [1.82, 2.24) is 5.32 Å². The number of hydrogen-bond acceptors (Lipinski definition) is 4. The Labute approximate surface area is 127 Å². The fourth-order valence-electron chi connectivity index (χ4n) is 1.89. The number of halogens is 1. The fourth-order valence-corrected chi connectivity index (χ4v) is 2.02. The van der Waals surface area contributed by atoms with Crippen LogP contribution in [-0.4, -0.2) is 16.6 Å². The lowest BCUT2D eigenvalue weighted by Crippen LogP contribution is -2.21. The molecule has 0 fully saturated rings. The van der Waals surface area contributed by atoms with Crippen LogP contribution in [0.4, 0.5) is 5.69 Å². The van der Waals surface area contributed by atoms with Gasteiger partial charge in [-0.25, -0.2) is 0 Å². The summed E-state index contributed by atoms with van der Waals surface area (Å²) in [5.41, 5.74) is 1.72. The first-order valence-electron chi connectivity index (χ1n) is 6.44. The van der Waals surface area contributed by atoms with Crippen LogP contribution in [0.1, 0.15) is 17.2 Å². The first kappa shape index (κ1) is 15.4. The lowest BCUT2D eigenvalue weighted by atomic mass is 10.1. The van der Waals surface area contributed by atoms with Gasteiger partial charge in [0, 0.05) is 30.2 Å². The van der Waals surface area contributed by atoms with Crippen LogP contribution in [0.15, 0.2) is 48.5 Å². The first-order chi connectivity index (χ1) is 10.1. The third kappa shape index (κ3) is 4.53. The Hall–Kier alpha value is -1.95. The van der Waals surface area contributed by atoms with Gasteiger partial charge in [-0.1, -0.05) is 23.7 Å². The van der Waals surface area contributed by atoms with Gasteiger partial charge in [0.2, 0.25) is 0 Å². The van der Waals surface area contributed by atoms with Gasteiger partial charge in [-0.15, -0.1) is 0 Å². The summed E-state index contributed by atoms with van der Waals surface area (Å²) in [5, 5.41) is 24.4. The zero-order valence-corrected chi connectivity index (χ0v) is 12.0. The maximum absolute atomic E-state index is 10.6. The van der Waals surface area contributed by atoms with E-state index >= 15 is 0 Å². The second kappa shape index (κ2) is 7.17. The number of benzene rings is 2. The number of rotatable bonds is 6. The highest BCUT2D eigenvalue weighted by Gasteiger charge is 2.10. The van der Waals surface area contributed by atoms with E-state index < -0.39 is 11.0 Å². The molecule has 5 nitrogen and oxygen atoms in total. The lowest BCUT2D eigenvalue weighted by molar-refractivity contribution is -0.384. The fraction of sp³-hybridized carbons (Fsp3) is 0.200. The summed E-state index contributed by atoms with van der Waals surface area (Å²) in [6, 6.07) is 13.3. The van der Waals surface area contributed by atoms with Crippen LogP contribution < -0.4 is 5.32 Å². The third-order valence-electron chi connectivity index (χ3n) is 3.07. The van der Waals surface area contributed by atoms with Crippen molar-refractivity contribution >= 4 is 17.3 Å². The molecule has 0 amide bonds. The van der Waals surface area contributed by atoms with E-state index in [9.17, 15) is 15.2 Å². The third-order valence-corrected chi connectivity index (χ3v) is 3.32. The van der Waals surface area contributed by atoms with Crippen molar-refractivity contribution in [2.24, 2.45) is 0 Å². The molecule has 21 heavy (non-hydrogen) atoms. The average molecular weight is 307 g/mol. The van der Waals surface area contributed by atoms with E-state index in [2.05, 4.69) is 5.32 Å². The van der Waals surface area contributed by atoms with Crippen LogP contribution in [0, 0.1) is 10.1 Å². The van der Waals surface area contributed by atoms with E-state index in [0.29, 0.717) is 23.7 Å². The number of nitrogens with zero attached hydrogens (tertiary/aromatic N) is 1. The highest BCUT2D eigenvalue weighted by atomic mass is 35.5. The van der Waals surface area contributed by atoms with E-state index in [1.807, 2.05) is 24.3 Å². The van der Waals surface area contributed by atoms with Gasteiger partial charge in [0.05, 0.1) is 11.0 Å². The Morgan fingerprint density at radius 2 is 1.76 bits per heavy atom. The molecule has 0 saturated heterocycles. The highest BCUT2D eigenvalue weighted by molar-refractivity contribution is 6.30. The zero-order valence-electron chi connectivity index (χ0n) is 11.2. The predicted molar refractivity (Wildman–Crippen MR) is 81.2 cm³/mol. The zero-order chi connectivity index (χ0) is 15.2. The lowest BCUT2D eigenvalue weighted by Gasteiger charge is -2.12. The minimum atomic E-state index is -0.710. The van der Waals surface area contributed by atoms with Crippen LogP contribution in [0.5, 0.6) is 0 Å². The predicted octanol–water partition coefficient (Wildman–Crippen LogP) is 3.07. The van der Waals surface area contributed by atoms with Crippen molar-refractivity contribution in [3.8, 4) is 0 Å². The van der Waals surface area contributed by atoms with E-state index in [-0.39, 0.29) is 5.69 Å². The van der Waals surface area contributed by atoms with Gasteiger partial charge in [0.25, 0.3) is 5.69 Å². The number of nitro benzene ring substituents is 1. The van der Waals surface area contributed by atoms with Crippen LogP contribution in [0.25, 0.3) is 0 Å². The van der Waals surface area contributed by atoms with Crippen molar-refractivity contribution in [3.63, 3.8) is 0 Å². The minimum absolute atomic E-state index is 0.0140. The van der Waals surface area contributed by atoms with E-state index in [0.717, 1.165) is 5.56 Å². The summed E-state index contributed by atoms with van der Waals surface area (Å²) < 4.78 is 0. The summed E-state index contributed by atoms with van der Waals surface area (Å²) in [7, 11) is 0. The van der Waals surface area contributed by atoms with Gasteiger partial charge >= 0.3 is 0 Å². The summed E-state index contributed by atoms with van der Waals surface area (Å²) in [4.78, 5) is 10.1. The second-order valence-corrected chi connectivity index (χ2v) is 5.06. The molecule has 1 unspecified atom stereocenters. The molecular formula is C15H15ClN2O3. The molecule has 110 valence electrons. The molecule has 0 aliphatic carbocycles. The number of aliphatic hydroxyl groups is 1. The summed E-state index contributed by atoms with van der Waals surface area (Å²) in [5.74, 6) is 0. The Kier molecular flexibility index (Phi) is 5.27. The standard InChI is InChI=1S/C15H15ClN2O3/c16-13-5-1-11(2-6-13)9-17-10-15(19)12-3-7-14(8-4-12)18(20)21/h1-8,15,17,19H,9-10H2. The summed E-state index contributed by atoms with van der Waals surface area (Å²) in [6.45, 7) is 0.974. The minimum Gasteiger partial charge on any atom is -0.387 e. The molecule has 0 aliphatic rings. The van der Waals surface area contributed by atoms with Gasteiger partial charge in [-0.05, 0) is 35.4 Å². The van der Waals surface area contributed by atoms with Crippen molar-refractivity contribution in [2.45, 2.75) is 12.6 Å². The van der Waals surface area contributed by atoms with Crippen LogP contribution in [-0.2, 0) is 6.54 Å². The number of hydrogen-bond donors (Lipinski definition) is 2. The van der Waals surface area contributed by atoms with E-state index in [4.69, 9.17) is 11.6 Å². The molecule has 2 rings (SSSR count). The van der Waals surface area contributed by atoms with E-state index in [1.165, 1.54) is 12.1 Å². The van der Waals surface area contributed by atoms with Gasteiger partial charge in [0.15, 0.2) is 0 Å². The van der Waals surface area contributed by atoms with Crippen LogP contribution in [0.2, 0.25) is 5.02 Å². The summed E-state index contributed by atoms with van der Waals surface area (Å²) in [6.07, 6.45) is -0.710. The number of nitrogens with one attached hydrogen (secondary N) is 1. The second-order valence-electron chi connectivity index (χ2n) is 4.62. The molecule has 0 radical (unpaired) electrons. The smallest absolute Gasteiger partial charge is 0.269 e. The van der Waals surface area contributed by atoms with Gasteiger partial charge in [-0.3, -0.25) is 10.1 Å². The Balaban J connectivity index is 1.85. The van der Waals surface area contributed by atoms with Gasteiger partial charge in [0.1, 0.15) is 0 Å². The van der Waals surface area contributed by atoms with Crippen molar-refractivity contribution in [2.75, 3.05) is 6.54 Å². The van der Waals surface area contributed by atoms with Gasteiger partial charge < -0.3 is 10.4 Å². The largest absolute Gasteiger partial charge is 0.387 e. The van der Waals surface area contributed by atoms with Crippen molar-refractivity contribution in [1.29, 1.82) is 0 Å². The molecule has 0 heterocycles. The molecule has 1 atom stereocenters. The molecule has 2 aromatic carbocycles.